The Morgan fingerprint density at radius 1 is 1.56 bits per heavy atom. The van der Waals surface area contributed by atoms with Gasteiger partial charge in [-0.1, -0.05) is 6.92 Å². The predicted octanol–water partition coefficient (Wildman–Crippen LogP) is -1.17. The Balaban J connectivity index is 2.49. The van der Waals surface area contributed by atoms with Crippen LogP contribution in [-0.2, 0) is 14.3 Å². The number of carbonyl (C=O) groups is 2. The van der Waals surface area contributed by atoms with Crippen LogP contribution in [0.25, 0.3) is 0 Å². The third-order valence-electron chi connectivity index (χ3n) is 2.64. The van der Waals surface area contributed by atoms with Gasteiger partial charge in [-0.15, -0.1) is 0 Å². The molecule has 92 valence electrons. The monoisotopic (exact) mass is 229 g/mol. The highest BCUT2D eigenvalue weighted by molar-refractivity contribution is 5.87. The van der Waals surface area contributed by atoms with Gasteiger partial charge in [-0.3, -0.25) is 9.59 Å². The average Bonchev–Trinajstić information content (AvgIpc) is 2.27. The molecule has 0 aromatic heterocycles. The lowest BCUT2D eigenvalue weighted by atomic mass is 10.1. The Kier molecular flexibility index (Phi) is 4.70. The van der Waals surface area contributed by atoms with Crippen molar-refractivity contribution in [1.82, 2.24) is 4.90 Å². The van der Waals surface area contributed by atoms with E-state index < -0.39 is 11.9 Å². The number of morpholine rings is 1. The Bertz CT molecular complexity index is 270. The molecule has 1 aliphatic heterocycles. The van der Waals surface area contributed by atoms with Gasteiger partial charge in [-0.25, -0.2) is 0 Å². The molecular weight excluding hydrogens is 210 g/mol. The lowest BCUT2D eigenvalue weighted by Crippen LogP contribution is -2.52. The van der Waals surface area contributed by atoms with Crippen molar-refractivity contribution in [2.45, 2.75) is 31.9 Å². The van der Waals surface area contributed by atoms with Crippen molar-refractivity contribution in [2.24, 2.45) is 11.5 Å². The molecule has 0 aromatic rings. The number of rotatable bonds is 4. The highest BCUT2D eigenvalue weighted by atomic mass is 16.5. The maximum absolute atomic E-state index is 11.8. The molecule has 6 nitrogen and oxygen atoms in total. The molecule has 0 bridgehead atoms. The molecule has 1 fully saturated rings. The molecule has 1 heterocycles. The van der Waals surface area contributed by atoms with Crippen molar-refractivity contribution >= 4 is 11.8 Å². The average molecular weight is 229 g/mol. The second kappa shape index (κ2) is 5.81. The fourth-order valence-corrected chi connectivity index (χ4v) is 1.71. The smallest absolute Gasteiger partial charge is 0.240 e. The first-order valence-corrected chi connectivity index (χ1v) is 5.48. The third kappa shape index (κ3) is 3.46. The van der Waals surface area contributed by atoms with E-state index in [2.05, 4.69) is 0 Å². The third-order valence-corrected chi connectivity index (χ3v) is 2.64. The number of nitrogens with zero attached hydrogens (tertiary/aromatic N) is 1. The lowest BCUT2D eigenvalue weighted by Gasteiger charge is -2.33. The molecule has 1 saturated heterocycles. The van der Waals surface area contributed by atoms with Crippen LogP contribution in [0.1, 0.15) is 19.8 Å². The Morgan fingerprint density at radius 3 is 2.81 bits per heavy atom. The number of primary amides is 1. The maximum Gasteiger partial charge on any atom is 0.240 e. The summed E-state index contributed by atoms with van der Waals surface area (Å²) in [5.41, 5.74) is 10.6. The molecule has 0 aromatic carbocycles. The van der Waals surface area contributed by atoms with E-state index >= 15 is 0 Å². The van der Waals surface area contributed by atoms with E-state index in [1.54, 1.807) is 4.90 Å². The minimum atomic E-state index is -0.826. The van der Waals surface area contributed by atoms with Gasteiger partial charge in [-0.05, 0) is 6.42 Å². The number of amides is 2. The zero-order chi connectivity index (χ0) is 12.1. The lowest BCUT2D eigenvalue weighted by molar-refractivity contribution is -0.141. The first-order chi connectivity index (χ1) is 7.54. The van der Waals surface area contributed by atoms with Gasteiger partial charge in [0.05, 0.1) is 25.2 Å². The molecule has 0 spiro atoms. The zero-order valence-electron chi connectivity index (χ0n) is 9.52. The molecule has 2 amide bonds. The van der Waals surface area contributed by atoms with Crippen molar-refractivity contribution < 1.29 is 14.3 Å². The number of carbonyl (C=O) groups excluding carboxylic acids is 2. The van der Waals surface area contributed by atoms with E-state index in [1.807, 2.05) is 6.92 Å². The summed E-state index contributed by atoms with van der Waals surface area (Å²) in [5.74, 6) is -0.776. The van der Waals surface area contributed by atoms with E-state index in [0.717, 1.165) is 6.42 Å². The number of ether oxygens (including phenoxy) is 1. The molecule has 0 aliphatic carbocycles. The van der Waals surface area contributed by atoms with Crippen LogP contribution >= 0.6 is 0 Å². The summed E-state index contributed by atoms with van der Waals surface area (Å²) < 4.78 is 5.44. The van der Waals surface area contributed by atoms with Crippen LogP contribution in [-0.4, -0.2) is 48.6 Å². The van der Waals surface area contributed by atoms with Crippen LogP contribution in [0.5, 0.6) is 0 Å². The molecule has 4 N–H and O–H groups in total. The molecule has 0 saturated carbocycles. The van der Waals surface area contributed by atoms with Crippen molar-refractivity contribution in [3.8, 4) is 0 Å². The van der Waals surface area contributed by atoms with Crippen LogP contribution in [0.15, 0.2) is 0 Å². The first-order valence-electron chi connectivity index (χ1n) is 5.48. The largest absolute Gasteiger partial charge is 0.375 e. The fraction of sp³-hybridized carbons (Fsp3) is 0.800. The summed E-state index contributed by atoms with van der Waals surface area (Å²) in [6.45, 7) is 3.60. The number of nitrogens with two attached hydrogens (primary N) is 2. The summed E-state index contributed by atoms with van der Waals surface area (Å²) in [7, 11) is 0. The van der Waals surface area contributed by atoms with Crippen LogP contribution in [0.3, 0.4) is 0 Å². The van der Waals surface area contributed by atoms with Gasteiger partial charge in [0, 0.05) is 13.1 Å². The van der Waals surface area contributed by atoms with Gasteiger partial charge in [0.15, 0.2) is 0 Å². The van der Waals surface area contributed by atoms with Crippen LogP contribution < -0.4 is 11.5 Å². The van der Waals surface area contributed by atoms with Crippen LogP contribution in [0.2, 0.25) is 0 Å². The quantitative estimate of drug-likeness (QED) is 0.634. The standard InChI is InChI=1S/C10H19N3O3/c1-2-7-6-13(3-4-16-7)10(15)8(11)5-9(12)14/h7-8H,2-6,11H2,1H3,(H2,12,14). The summed E-state index contributed by atoms with van der Waals surface area (Å²) in [6, 6.07) is -0.826. The minimum absolute atomic E-state index is 0.0680. The summed E-state index contributed by atoms with van der Waals surface area (Å²) in [5, 5.41) is 0. The van der Waals surface area contributed by atoms with E-state index in [9.17, 15) is 9.59 Å². The van der Waals surface area contributed by atoms with Gasteiger partial charge in [0.25, 0.3) is 0 Å². The van der Waals surface area contributed by atoms with Crippen LogP contribution in [0.4, 0.5) is 0 Å². The first kappa shape index (κ1) is 12.9. The fourth-order valence-electron chi connectivity index (χ4n) is 1.71. The number of hydrogen-bond donors (Lipinski definition) is 2. The number of hydrogen-bond acceptors (Lipinski definition) is 4. The molecule has 2 unspecified atom stereocenters. The summed E-state index contributed by atoms with van der Waals surface area (Å²) in [6.07, 6.45) is 0.820. The maximum atomic E-state index is 11.8. The van der Waals surface area contributed by atoms with Crippen LogP contribution in [0, 0.1) is 0 Å². The van der Waals surface area contributed by atoms with Crippen molar-refractivity contribution in [1.29, 1.82) is 0 Å². The summed E-state index contributed by atoms with van der Waals surface area (Å²) >= 11 is 0. The SMILES string of the molecule is CCC1CN(C(=O)C(N)CC(N)=O)CCO1. The molecule has 2 atom stereocenters. The molecule has 1 aliphatic rings. The van der Waals surface area contributed by atoms with Crippen molar-refractivity contribution in [3.05, 3.63) is 0 Å². The van der Waals surface area contributed by atoms with E-state index in [0.29, 0.717) is 19.7 Å². The van der Waals surface area contributed by atoms with Crippen molar-refractivity contribution in [2.75, 3.05) is 19.7 Å². The topological polar surface area (TPSA) is 98.6 Å². The molecule has 0 radical (unpaired) electrons. The van der Waals surface area contributed by atoms with E-state index in [1.165, 1.54) is 0 Å². The predicted molar refractivity (Wildman–Crippen MR) is 58.4 cm³/mol. The Labute approximate surface area is 94.9 Å². The molecule has 16 heavy (non-hydrogen) atoms. The normalized spacial score (nSPS) is 22.9. The van der Waals surface area contributed by atoms with Gasteiger partial charge in [-0.2, -0.15) is 0 Å². The summed E-state index contributed by atoms with van der Waals surface area (Å²) in [4.78, 5) is 24.1. The highest BCUT2D eigenvalue weighted by Crippen LogP contribution is 2.09. The highest BCUT2D eigenvalue weighted by Gasteiger charge is 2.27. The molecular formula is C10H19N3O3. The zero-order valence-corrected chi connectivity index (χ0v) is 9.52. The second-order valence-electron chi connectivity index (χ2n) is 3.96. The molecule has 1 rings (SSSR count). The van der Waals surface area contributed by atoms with E-state index in [4.69, 9.17) is 16.2 Å². The van der Waals surface area contributed by atoms with E-state index in [-0.39, 0.29) is 18.4 Å². The van der Waals surface area contributed by atoms with Gasteiger partial charge >= 0.3 is 0 Å². The Hall–Kier alpha value is -1.14. The van der Waals surface area contributed by atoms with Gasteiger partial charge < -0.3 is 21.1 Å². The second-order valence-corrected chi connectivity index (χ2v) is 3.96. The van der Waals surface area contributed by atoms with Gasteiger partial charge in [0.1, 0.15) is 0 Å². The Morgan fingerprint density at radius 2 is 2.25 bits per heavy atom. The van der Waals surface area contributed by atoms with Crippen molar-refractivity contribution in [3.63, 3.8) is 0 Å². The van der Waals surface area contributed by atoms with Gasteiger partial charge in [0.2, 0.25) is 11.8 Å². The molecule has 6 heteroatoms. The minimum Gasteiger partial charge on any atom is -0.375 e.